The second-order valence-corrected chi connectivity index (χ2v) is 10.1. The molecule has 0 radical (unpaired) electrons. The van der Waals surface area contributed by atoms with Crippen LogP contribution in [0.15, 0.2) is 30.3 Å². The summed E-state index contributed by atoms with van der Waals surface area (Å²) in [5.74, 6) is -1.69. The van der Waals surface area contributed by atoms with Crippen molar-refractivity contribution in [3.63, 3.8) is 0 Å². The Labute approximate surface area is 195 Å². The van der Waals surface area contributed by atoms with Crippen LogP contribution in [0.3, 0.4) is 0 Å². The topological polar surface area (TPSA) is 88.1 Å². The zero-order valence-corrected chi connectivity index (χ0v) is 19.6. The molecule has 2 aliphatic rings. The SMILES string of the molecule is CC(C)(C)OC(=O)NC1COCC(N2Cc3cc(C(=O)O)sc3C2)C1.Fc1ccc(F)cc1. The Kier molecular flexibility index (Phi) is 8.04. The number of carbonyl (C=O) groups excluding carboxylic acids is 1. The largest absolute Gasteiger partial charge is 0.477 e. The minimum atomic E-state index is -0.867. The number of ether oxygens (including phenoxy) is 2. The first-order valence-electron chi connectivity index (χ1n) is 10.6. The van der Waals surface area contributed by atoms with E-state index >= 15 is 0 Å². The number of carbonyl (C=O) groups is 2. The van der Waals surface area contributed by atoms with Crippen molar-refractivity contribution in [1.29, 1.82) is 0 Å². The van der Waals surface area contributed by atoms with Gasteiger partial charge in [-0.1, -0.05) is 0 Å². The highest BCUT2D eigenvalue weighted by Gasteiger charge is 2.33. The number of benzene rings is 1. The standard InChI is InChI=1S/C17H24N2O5S.C6H4F2/c1-17(2,3)24-16(22)18-11-5-12(9-23-8-11)19-6-10-4-13(15(20)21)25-14(10)7-19;7-5-1-2-6(8)4-3-5/h4,11-12H,5-9H2,1-3H3,(H,18,22)(H,20,21);1-4H. The molecule has 7 nitrogen and oxygen atoms in total. The Balaban J connectivity index is 0.000000323. The van der Waals surface area contributed by atoms with Gasteiger partial charge in [-0.2, -0.15) is 0 Å². The van der Waals surface area contributed by atoms with Crippen molar-refractivity contribution in [2.45, 2.75) is 58.0 Å². The molecule has 3 heterocycles. The lowest BCUT2D eigenvalue weighted by atomic mass is 10.0. The zero-order chi connectivity index (χ0) is 24.2. The molecule has 0 bridgehead atoms. The maximum Gasteiger partial charge on any atom is 0.407 e. The number of amides is 1. The van der Waals surface area contributed by atoms with Gasteiger partial charge in [0.05, 0.1) is 19.3 Å². The van der Waals surface area contributed by atoms with Gasteiger partial charge in [0.25, 0.3) is 0 Å². The summed E-state index contributed by atoms with van der Waals surface area (Å²) >= 11 is 1.34. The number of hydrogen-bond acceptors (Lipinski definition) is 6. The van der Waals surface area contributed by atoms with Crippen LogP contribution in [-0.4, -0.2) is 53.0 Å². The summed E-state index contributed by atoms with van der Waals surface area (Å²) in [4.78, 5) is 26.8. The second-order valence-electron chi connectivity index (χ2n) is 8.98. The molecule has 2 unspecified atom stereocenters. The Bertz CT molecular complexity index is 930. The van der Waals surface area contributed by atoms with Gasteiger partial charge in [-0.15, -0.1) is 11.3 Å². The van der Waals surface area contributed by atoms with Crippen molar-refractivity contribution >= 4 is 23.4 Å². The molecule has 2 atom stereocenters. The number of halogens is 2. The lowest BCUT2D eigenvalue weighted by Gasteiger charge is -2.35. The minimum absolute atomic E-state index is 0.0817. The maximum atomic E-state index is 11.9. The summed E-state index contributed by atoms with van der Waals surface area (Å²) in [5.41, 5.74) is 0.564. The molecule has 1 aromatic carbocycles. The second kappa shape index (κ2) is 10.6. The molecule has 1 amide bonds. The number of rotatable bonds is 3. The molecular formula is C23H28F2N2O5S. The van der Waals surface area contributed by atoms with Crippen molar-refractivity contribution in [3.05, 3.63) is 57.3 Å². The van der Waals surface area contributed by atoms with Crippen molar-refractivity contribution < 1.29 is 33.0 Å². The van der Waals surface area contributed by atoms with Crippen LogP contribution >= 0.6 is 11.3 Å². The third kappa shape index (κ3) is 7.48. The van der Waals surface area contributed by atoms with Crippen molar-refractivity contribution in [3.8, 4) is 0 Å². The summed E-state index contributed by atoms with van der Waals surface area (Å²) in [7, 11) is 0. The Morgan fingerprint density at radius 1 is 1.15 bits per heavy atom. The van der Waals surface area contributed by atoms with Gasteiger partial charge in [-0.3, -0.25) is 4.90 Å². The number of carboxylic acid groups (broad SMARTS) is 1. The van der Waals surface area contributed by atoms with Crippen molar-refractivity contribution in [2.75, 3.05) is 13.2 Å². The highest BCUT2D eigenvalue weighted by molar-refractivity contribution is 7.14. The summed E-state index contributed by atoms with van der Waals surface area (Å²) in [6.07, 6.45) is 0.369. The van der Waals surface area contributed by atoms with E-state index in [-0.39, 0.29) is 12.1 Å². The average Bonchev–Trinajstić information content (AvgIpc) is 3.29. The van der Waals surface area contributed by atoms with Crippen LogP contribution in [0.4, 0.5) is 13.6 Å². The molecule has 2 aromatic rings. The monoisotopic (exact) mass is 482 g/mol. The summed E-state index contributed by atoms with van der Waals surface area (Å²) in [5, 5.41) is 12.0. The highest BCUT2D eigenvalue weighted by atomic mass is 32.1. The molecule has 1 fully saturated rings. The van der Waals surface area contributed by atoms with Gasteiger partial charge in [0.2, 0.25) is 0 Å². The molecule has 1 saturated heterocycles. The van der Waals surface area contributed by atoms with E-state index in [1.54, 1.807) is 6.07 Å². The van der Waals surface area contributed by atoms with Gasteiger partial charge >= 0.3 is 12.1 Å². The molecule has 4 rings (SSSR count). The first-order chi connectivity index (χ1) is 15.5. The molecule has 1 aromatic heterocycles. The fraction of sp³-hybridized carbons (Fsp3) is 0.478. The van der Waals surface area contributed by atoms with Crippen LogP contribution < -0.4 is 5.32 Å². The van der Waals surface area contributed by atoms with E-state index in [4.69, 9.17) is 14.6 Å². The van der Waals surface area contributed by atoms with E-state index in [2.05, 4.69) is 10.2 Å². The number of carboxylic acids is 1. The molecule has 33 heavy (non-hydrogen) atoms. The third-order valence-corrected chi connectivity index (χ3v) is 6.20. The smallest absolute Gasteiger partial charge is 0.407 e. The Morgan fingerprint density at radius 3 is 2.33 bits per heavy atom. The fourth-order valence-corrected chi connectivity index (χ4v) is 4.67. The Morgan fingerprint density at radius 2 is 1.79 bits per heavy atom. The summed E-state index contributed by atoms with van der Waals surface area (Å²) in [6, 6.07) is 6.20. The number of nitrogens with one attached hydrogen (secondary N) is 1. The molecule has 0 spiro atoms. The van der Waals surface area contributed by atoms with Gasteiger partial charge in [0.1, 0.15) is 22.1 Å². The van der Waals surface area contributed by atoms with E-state index in [1.165, 1.54) is 11.3 Å². The van der Waals surface area contributed by atoms with Gasteiger partial charge in [-0.05, 0) is 63.1 Å². The zero-order valence-electron chi connectivity index (χ0n) is 18.8. The van der Waals surface area contributed by atoms with E-state index in [1.807, 2.05) is 20.8 Å². The van der Waals surface area contributed by atoms with Crippen LogP contribution in [0.25, 0.3) is 0 Å². The Hall–Kier alpha value is -2.56. The lowest BCUT2D eigenvalue weighted by Crippen LogP contribution is -2.50. The quantitative estimate of drug-likeness (QED) is 0.674. The van der Waals surface area contributed by atoms with E-state index in [0.717, 1.165) is 54.2 Å². The average molecular weight is 483 g/mol. The first kappa shape index (κ1) is 25.1. The number of nitrogens with zero attached hydrogens (tertiary/aromatic N) is 1. The number of aromatic carboxylic acids is 1. The molecule has 0 aliphatic carbocycles. The summed E-state index contributed by atoms with van der Waals surface area (Å²) in [6.45, 7) is 8.07. The molecule has 2 aliphatic heterocycles. The van der Waals surface area contributed by atoms with Crippen LogP contribution in [0.5, 0.6) is 0 Å². The van der Waals surface area contributed by atoms with Gasteiger partial charge in [0.15, 0.2) is 0 Å². The number of fused-ring (bicyclic) bond motifs is 1. The molecule has 0 saturated carbocycles. The number of alkyl carbamates (subject to hydrolysis) is 1. The molecule has 180 valence electrons. The van der Waals surface area contributed by atoms with E-state index < -0.39 is 29.3 Å². The number of hydrogen-bond donors (Lipinski definition) is 2. The molecular weight excluding hydrogens is 454 g/mol. The van der Waals surface area contributed by atoms with Crippen LogP contribution in [-0.2, 0) is 22.6 Å². The number of thiophene rings is 1. The molecule has 10 heteroatoms. The maximum absolute atomic E-state index is 11.9. The summed E-state index contributed by atoms with van der Waals surface area (Å²) < 4.78 is 34.8. The normalized spacial score (nSPS) is 20.4. The van der Waals surface area contributed by atoms with Crippen LogP contribution in [0.1, 0.15) is 47.3 Å². The third-order valence-electron chi connectivity index (χ3n) is 5.05. The van der Waals surface area contributed by atoms with Gasteiger partial charge in [0, 0.05) is 24.0 Å². The first-order valence-corrected chi connectivity index (χ1v) is 11.4. The van der Waals surface area contributed by atoms with E-state index in [9.17, 15) is 18.4 Å². The van der Waals surface area contributed by atoms with Crippen LogP contribution in [0.2, 0.25) is 0 Å². The van der Waals surface area contributed by atoms with Crippen molar-refractivity contribution in [1.82, 2.24) is 10.2 Å². The highest BCUT2D eigenvalue weighted by Crippen LogP contribution is 2.33. The predicted octanol–water partition coefficient (Wildman–Crippen LogP) is 4.41. The predicted molar refractivity (Wildman–Crippen MR) is 119 cm³/mol. The van der Waals surface area contributed by atoms with E-state index in [0.29, 0.717) is 18.1 Å². The van der Waals surface area contributed by atoms with Crippen molar-refractivity contribution in [2.24, 2.45) is 0 Å². The lowest BCUT2D eigenvalue weighted by molar-refractivity contribution is -0.00772. The van der Waals surface area contributed by atoms with Crippen LogP contribution in [0, 0.1) is 11.6 Å². The van der Waals surface area contributed by atoms with Gasteiger partial charge in [-0.25, -0.2) is 18.4 Å². The molecule has 2 N–H and O–H groups in total. The fourth-order valence-electron chi connectivity index (χ4n) is 3.63. The van der Waals surface area contributed by atoms with Gasteiger partial charge < -0.3 is 19.9 Å². The minimum Gasteiger partial charge on any atom is -0.477 e.